The van der Waals surface area contributed by atoms with E-state index in [1.807, 2.05) is 45.0 Å². The van der Waals surface area contributed by atoms with Gasteiger partial charge in [0, 0.05) is 10.4 Å². The van der Waals surface area contributed by atoms with E-state index in [4.69, 9.17) is 0 Å². The van der Waals surface area contributed by atoms with Gasteiger partial charge in [-0.05, 0) is 32.9 Å². The summed E-state index contributed by atoms with van der Waals surface area (Å²) in [6.45, 7) is 6.47. The highest BCUT2D eigenvalue weighted by atomic mass is 32.1. The minimum atomic E-state index is -0.0378. The molecule has 1 amide bonds. The quantitative estimate of drug-likeness (QED) is 0.921. The van der Waals surface area contributed by atoms with E-state index >= 15 is 0 Å². The lowest BCUT2D eigenvalue weighted by Crippen LogP contribution is -2.22. The van der Waals surface area contributed by atoms with Gasteiger partial charge in [0.05, 0.1) is 17.2 Å². The molecular formula is C14H16N2OS. The van der Waals surface area contributed by atoms with E-state index in [-0.39, 0.29) is 5.91 Å². The topological polar surface area (TPSA) is 42.0 Å². The van der Waals surface area contributed by atoms with Crippen LogP contribution in [0.15, 0.2) is 24.3 Å². The SMILES string of the molecule is Cc1cccc(C(=O)NCc2sc(C)nc2C)c1. The second-order valence-corrected chi connectivity index (χ2v) is 5.58. The third kappa shape index (κ3) is 2.96. The molecule has 2 rings (SSSR count). The van der Waals surface area contributed by atoms with E-state index < -0.39 is 0 Å². The maximum atomic E-state index is 12.0. The highest BCUT2D eigenvalue weighted by Gasteiger charge is 2.08. The molecule has 1 aromatic heterocycles. The Morgan fingerprint density at radius 3 is 2.72 bits per heavy atom. The summed E-state index contributed by atoms with van der Waals surface area (Å²) in [4.78, 5) is 17.4. The molecule has 1 aromatic carbocycles. The van der Waals surface area contributed by atoms with Crippen molar-refractivity contribution < 1.29 is 4.79 Å². The van der Waals surface area contributed by atoms with Crippen LogP contribution in [0.3, 0.4) is 0 Å². The van der Waals surface area contributed by atoms with E-state index in [2.05, 4.69) is 10.3 Å². The van der Waals surface area contributed by atoms with Crippen molar-refractivity contribution in [2.75, 3.05) is 0 Å². The first-order valence-electron chi connectivity index (χ1n) is 5.84. The molecule has 2 aromatic rings. The van der Waals surface area contributed by atoms with Crippen molar-refractivity contribution >= 4 is 17.2 Å². The van der Waals surface area contributed by atoms with Gasteiger partial charge in [-0.3, -0.25) is 4.79 Å². The predicted molar refractivity (Wildman–Crippen MR) is 73.9 cm³/mol. The summed E-state index contributed by atoms with van der Waals surface area (Å²) in [5.41, 5.74) is 2.79. The van der Waals surface area contributed by atoms with Gasteiger partial charge >= 0.3 is 0 Å². The summed E-state index contributed by atoms with van der Waals surface area (Å²) in [5.74, 6) is -0.0378. The number of nitrogens with zero attached hydrogens (tertiary/aromatic N) is 1. The first kappa shape index (κ1) is 12.8. The number of nitrogens with one attached hydrogen (secondary N) is 1. The van der Waals surface area contributed by atoms with Crippen LogP contribution in [0.2, 0.25) is 0 Å². The molecule has 0 aliphatic heterocycles. The number of amides is 1. The third-order valence-electron chi connectivity index (χ3n) is 2.69. The Morgan fingerprint density at radius 1 is 1.33 bits per heavy atom. The van der Waals surface area contributed by atoms with Crippen molar-refractivity contribution in [2.24, 2.45) is 0 Å². The monoisotopic (exact) mass is 260 g/mol. The predicted octanol–water partition coefficient (Wildman–Crippen LogP) is 3.00. The molecule has 0 spiro atoms. The smallest absolute Gasteiger partial charge is 0.251 e. The van der Waals surface area contributed by atoms with Crippen LogP contribution in [0.1, 0.15) is 31.5 Å². The van der Waals surface area contributed by atoms with Crippen LogP contribution in [0.5, 0.6) is 0 Å². The Hall–Kier alpha value is -1.68. The number of rotatable bonds is 3. The molecule has 94 valence electrons. The Bertz CT molecular complexity index is 575. The van der Waals surface area contributed by atoms with Crippen molar-refractivity contribution in [3.05, 3.63) is 51.0 Å². The number of carbonyl (C=O) groups excluding carboxylic acids is 1. The average Bonchev–Trinajstić information content (AvgIpc) is 2.65. The van der Waals surface area contributed by atoms with E-state index in [1.165, 1.54) is 0 Å². The minimum absolute atomic E-state index is 0.0378. The number of hydrogen-bond acceptors (Lipinski definition) is 3. The lowest BCUT2D eigenvalue weighted by molar-refractivity contribution is 0.0951. The van der Waals surface area contributed by atoms with Crippen molar-refractivity contribution in [1.29, 1.82) is 0 Å². The van der Waals surface area contributed by atoms with Gasteiger partial charge in [-0.2, -0.15) is 0 Å². The van der Waals surface area contributed by atoms with Gasteiger partial charge in [-0.15, -0.1) is 11.3 Å². The molecule has 4 heteroatoms. The summed E-state index contributed by atoms with van der Waals surface area (Å²) in [6, 6.07) is 7.59. The third-order valence-corrected chi connectivity index (χ3v) is 3.76. The fraction of sp³-hybridized carbons (Fsp3) is 0.286. The Morgan fingerprint density at radius 2 is 2.11 bits per heavy atom. The first-order chi connectivity index (χ1) is 8.56. The number of hydrogen-bond donors (Lipinski definition) is 1. The summed E-state index contributed by atoms with van der Waals surface area (Å²) in [6.07, 6.45) is 0. The average molecular weight is 260 g/mol. The van der Waals surface area contributed by atoms with E-state index in [0.29, 0.717) is 12.1 Å². The highest BCUT2D eigenvalue weighted by molar-refractivity contribution is 7.11. The zero-order valence-corrected chi connectivity index (χ0v) is 11.6. The number of thiazole rings is 1. The molecule has 0 bridgehead atoms. The number of aromatic nitrogens is 1. The molecule has 0 fully saturated rings. The molecular weight excluding hydrogens is 244 g/mol. The lowest BCUT2D eigenvalue weighted by Gasteiger charge is -2.04. The molecule has 0 saturated carbocycles. The summed E-state index contributed by atoms with van der Waals surface area (Å²) in [5, 5.41) is 3.96. The van der Waals surface area contributed by atoms with Crippen LogP contribution in [-0.4, -0.2) is 10.9 Å². The Kier molecular flexibility index (Phi) is 3.77. The van der Waals surface area contributed by atoms with Crippen molar-refractivity contribution in [3.63, 3.8) is 0 Å². The van der Waals surface area contributed by atoms with Gasteiger partial charge in [-0.25, -0.2) is 4.98 Å². The fourth-order valence-electron chi connectivity index (χ4n) is 1.79. The normalized spacial score (nSPS) is 10.4. The number of aryl methyl sites for hydroxylation is 3. The van der Waals surface area contributed by atoms with Crippen LogP contribution < -0.4 is 5.32 Å². The van der Waals surface area contributed by atoms with Gasteiger partial charge in [0.25, 0.3) is 5.91 Å². The van der Waals surface area contributed by atoms with Crippen LogP contribution in [-0.2, 0) is 6.54 Å². The summed E-state index contributed by atoms with van der Waals surface area (Å²) in [7, 11) is 0. The zero-order chi connectivity index (χ0) is 13.1. The number of carbonyl (C=O) groups is 1. The Balaban J connectivity index is 2.02. The van der Waals surface area contributed by atoms with Gasteiger partial charge in [0.1, 0.15) is 0 Å². The van der Waals surface area contributed by atoms with Crippen molar-refractivity contribution in [3.8, 4) is 0 Å². The molecule has 0 aliphatic carbocycles. The second kappa shape index (κ2) is 5.31. The molecule has 0 aliphatic rings. The first-order valence-corrected chi connectivity index (χ1v) is 6.65. The van der Waals surface area contributed by atoms with Gasteiger partial charge in [0.2, 0.25) is 0 Å². The maximum Gasteiger partial charge on any atom is 0.251 e. The largest absolute Gasteiger partial charge is 0.347 e. The molecule has 0 atom stereocenters. The zero-order valence-electron chi connectivity index (χ0n) is 10.8. The van der Waals surface area contributed by atoms with Gasteiger partial charge < -0.3 is 5.32 Å². The van der Waals surface area contributed by atoms with Crippen LogP contribution in [0.4, 0.5) is 0 Å². The molecule has 3 nitrogen and oxygen atoms in total. The number of benzene rings is 1. The minimum Gasteiger partial charge on any atom is -0.347 e. The van der Waals surface area contributed by atoms with Crippen LogP contribution >= 0.6 is 11.3 Å². The van der Waals surface area contributed by atoms with Crippen molar-refractivity contribution in [2.45, 2.75) is 27.3 Å². The molecule has 0 radical (unpaired) electrons. The fourth-order valence-corrected chi connectivity index (χ4v) is 2.66. The Labute approximate surface area is 111 Å². The molecule has 0 saturated heterocycles. The standard InChI is InChI=1S/C14H16N2OS/c1-9-5-4-6-12(7-9)14(17)15-8-13-10(2)16-11(3)18-13/h4-7H,8H2,1-3H3,(H,15,17). The van der Waals surface area contributed by atoms with Crippen molar-refractivity contribution in [1.82, 2.24) is 10.3 Å². The van der Waals surface area contributed by atoms with Crippen LogP contribution in [0.25, 0.3) is 0 Å². The van der Waals surface area contributed by atoms with Gasteiger partial charge in [-0.1, -0.05) is 17.7 Å². The molecule has 0 unspecified atom stereocenters. The van der Waals surface area contributed by atoms with E-state index in [0.717, 1.165) is 21.1 Å². The second-order valence-electron chi connectivity index (χ2n) is 4.29. The maximum absolute atomic E-state index is 12.0. The van der Waals surface area contributed by atoms with E-state index in [9.17, 15) is 4.79 Å². The van der Waals surface area contributed by atoms with Crippen LogP contribution in [0, 0.1) is 20.8 Å². The molecule has 1 N–H and O–H groups in total. The molecule has 1 heterocycles. The van der Waals surface area contributed by atoms with E-state index in [1.54, 1.807) is 11.3 Å². The van der Waals surface area contributed by atoms with Gasteiger partial charge in [0.15, 0.2) is 0 Å². The molecule has 18 heavy (non-hydrogen) atoms. The summed E-state index contributed by atoms with van der Waals surface area (Å²) < 4.78 is 0. The highest BCUT2D eigenvalue weighted by Crippen LogP contribution is 2.16. The lowest BCUT2D eigenvalue weighted by atomic mass is 10.1. The summed E-state index contributed by atoms with van der Waals surface area (Å²) >= 11 is 1.63.